The van der Waals surface area contributed by atoms with Crippen molar-refractivity contribution in [3.05, 3.63) is 0 Å². The molecule has 0 aromatic heterocycles. The van der Waals surface area contributed by atoms with Gasteiger partial charge in [0.15, 0.2) is 0 Å². The summed E-state index contributed by atoms with van der Waals surface area (Å²) in [7, 11) is -20.8. The van der Waals surface area contributed by atoms with Crippen molar-refractivity contribution in [3.8, 4) is 24.7 Å². The molecular formula is C21H30Cl2F4I85N2O5-. The van der Waals surface area contributed by atoms with Crippen LogP contribution in [0.2, 0.25) is 0 Å². The quantitative estimate of drug-likeness (QED) is 0.0157. The second-order valence-corrected chi connectivity index (χ2v) is 1980. The third-order valence-electron chi connectivity index (χ3n) is 7.07. The van der Waals surface area contributed by atoms with Crippen LogP contribution in [0.4, 0.5) is 17.6 Å². The van der Waals surface area contributed by atoms with Crippen molar-refractivity contribution in [2.75, 3.05) is 6.61 Å². The minimum absolute atomic E-state index is 0. The number of esters is 1. The van der Waals surface area contributed by atoms with Gasteiger partial charge in [-0.05, 0) is 18.5 Å². The molecular weight excluding hydrogens is 11300 g/mol. The van der Waals surface area contributed by atoms with Crippen LogP contribution in [0.5, 0.6) is 0 Å². The Morgan fingerprint density at radius 3 is 0.630 bits per heavy atom. The summed E-state index contributed by atoms with van der Waals surface area (Å²) in [5.41, 5.74) is 2.81. The van der Waals surface area contributed by atoms with Gasteiger partial charge in [-0.3, -0.25) is 14.4 Å². The van der Waals surface area contributed by atoms with E-state index < -0.39 is 374 Å². The van der Waals surface area contributed by atoms with Gasteiger partial charge >= 0.3 is 1160 Å². The Kier molecular flexibility index (Phi) is 173. The predicted molar refractivity (Wildman–Crippen MR) is 1300 cm³/mol. The molecule has 0 aromatic carbocycles. The molecule has 0 unspecified atom stereocenters. The number of rotatable bonds is 42. The molecule has 0 spiro atoms. The van der Waals surface area contributed by atoms with Crippen LogP contribution in [0.1, 0.15) is 54.4 Å². The van der Waals surface area contributed by atoms with Crippen LogP contribution < -0.4 is 24.3 Å². The van der Waals surface area contributed by atoms with Crippen molar-refractivity contribution >= 4 is 1180 Å². The second-order valence-electron chi connectivity index (χ2n) is 13.5. The first-order valence-electron chi connectivity index (χ1n) is 20.5. The van der Waals surface area contributed by atoms with Crippen molar-refractivity contribution in [1.29, 1.82) is 0 Å². The SMILES string of the molecule is C.C.C#CC1(N)CC(F)(F)C1.C#CC1(NC(=O)C(=O)OCC)CC(F)(F)C1.CC(=O)C(=O)Cl.Cl.II(I)I(I)I(I)I(I)I(I)I(I)I(I)I(I)I(I)I(I)I(I)I.I[I-]I(I)I(I)I(I)I(I)I(I)I(I)I(I)I(I)I(I)I(I)I(I)I(I)I(I)I(I)I(I)I(I)I(I)I(I)I(I)I(I)I(I)I(I)I(I)I(I)I(I)I(I)I(I)I(I)I(I)I. The predicted octanol–water partition coefficient (Wildman–Crippen LogP) is 74.7. The summed E-state index contributed by atoms with van der Waals surface area (Å²) >= 11 is 148. The van der Waals surface area contributed by atoms with Gasteiger partial charge in [0, 0.05) is 32.6 Å². The molecule has 792 valence electrons. The number of carbonyl (C=O) groups is 4. The fourth-order valence-corrected chi connectivity index (χ4v) is 15300. The first kappa shape index (κ1) is 189. The third-order valence-corrected chi connectivity index (χ3v) is 6370. The van der Waals surface area contributed by atoms with E-state index in [9.17, 15) is 36.7 Å². The topological polar surface area (TPSA) is 116 Å². The zero-order valence-electron chi connectivity index (χ0n) is 49.2. The molecule has 0 heterocycles. The fourth-order valence-electron chi connectivity index (χ4n) is 3.62. The number of terminal acetylenes is 2. The summed E-state index contributed by atoms with van der Waals surface area (Å²) in [5, 5.41) is 1.18. The summed E-state index contributed by atoms with van der Waals surface area (Å²) in [6.07, 6.45) is 7.91. The Morgan fingerprint density at radius 2 is 0.521 bits per heavy atom. The number of Topliss-reactive ketones (excluding diaryl/α,β-unsaturated/α-hetero) is 1. The number of ether oxygens (including phenoxy) is 1. The number of amides is 1. The molecule has 0 bridgehead atoms. The zero-order chi connectivity index (χ0) is 92.5. The Bertz CT molecular complexity index is 2890. The first-order chi connectivity index (χ1) is 52.6. The maximum absolute atomic E-state index is 12.7. The number of halogens is 91. The van der Waals surface area contributed by atoms with Gasteiger partial charge in [-0.15, -0.1) is 25.3 Å². The molecule has 119 heavy (non-hydrogen) atoms. The Balaban J connectivity index is -0.000000440. The molecule has 0 aliphatic heterocycles. The molecule has 2 aliphatic rings. The van der Waals surface area contributed by atoms with Crippen molar-refractivity contribution < 1.29 is 54.7 Å². The molecule has 0 saturated heterocycles. The molecule has 98 heteroatoms. The molecule has 2 saturated carbocycles. The minimum atomic E-state index is -2.88. The van der Waals surface area contributed by atoms with E-state index in [0.29, 0.717) is 13.3 Å². The van der Waals surface area contributed by atoms with Crippen molar-refractivity contribution in [3.63, 3.8) is 0 Å². The summed E-state index contributed by atoms with van der Waals surface area (Å²) in [4.78, 5) is 41.4. The number of hydrogen-bond donors (Lipinski definition) is 2. The number of nitrogens with two attached hydrogens (primary N) is 1. The van der Waals surface area contributed by atoms with E-state index in [4.69, 9.17) is 18.6 Å². The molecule has 0 aromatic rings. The van der Waals surface area contributed by atoms with Crippen LogP contribution in [0, 0.1) is 24.7 Å². The van der Waals surface area contributed by atoms with Crippen LogP contribution >= 0.6 is 1160 Å². The average molecular weight is 11300 g/mol. The van der Waals surface area contributed by atoms with E-state index in [2.05, 4.69) is 853 Å². The summed E-state index contributed by atoms with van der Waals surface area (Å²) in [6.45, 7) is 2.68. The van der Waals surface area contributed by atoms with Crippen LogP contribution in [0.15, 0.2) is 0 Å². The average Bonchev–Trinajstić information content (AvgIpc) is 0.764. The normalized spacial score (nSPS) is 18.6. The van der Waals surface area contributed by atoms with E-state index >= 15 is 0 Å². The Labute approximate surface area is 1290 Å². The Morgan fingerprint density at radius 1 is 0.361 bits per heavy atom. The number of nitrogens with one attached hydrogen (secondary N) is 1. The molecule has 0 radical (unpaired) electrons. The molecule has 2 rings (SSSR count). The standard InChI is InChI=1S/C10H11F2NO3.C6H7F2N.C3H3ClO2.2CH4.ClH.I61.I24/c1-3-9(5-10(11,12)6-9)13-7(14)8(15)16-4-2;1-2-5(9)3-6(7,8)4-5;1-2(5)3(4)6;;;;1-32-34(4)36(6)38(8)40(10)42(12)44(14)46(16)48(18)50(20)52(22)54(24)56(26)58(28)60(30)61(31)59(29)57(27)55(25)53(23)51(21)49(19)47(17)45(15)43(13)41(11)39(9)37(7)35(5)33(2)3;1-14(2)16(5)18(7)20(9)22(11)24(13)23(12)21(10)19(8)17(6)15(3)4/h1H,4-6H2,2H3,(H,13,14);1H,3-4,9H2;1H3;2*1H4;1H;;/q;;;;;;-1;. The first-order valence-corrected chi connectivity index (χ1v) is 543. The van der Waals surface area contributed by atoms with Crippen molar-refractivity contribution in [1.82, 2.24) is 5.32 Å². The van der Waals surface area contributed by atoms with Crippen LogP contribution in [0.25, 0.3) is 0 Å². The molecule has 0 atom stereocenters. The van der Waals surface area contributed by atoms with Gasteiger partial charge in [0.05, 0.1) is 12.1 Å². The Hall–Kier alpha value is 59.7. The summed E-state index contributed by atoms with van der Waals surface area (Å²) < 4.78 is 53.8. The van der Waals surface area contributed by atoms with Gasteiger partial charge in [0.2, 0.25) is 5.78 Å². The fraction of sp³-hybridized carbons (Fsp3) is 0.619. The van der Waals surface area contributed by atoms with E-state index in [-0.39, 0.29) is 46.7 Å². The summed E-state index contributed by atoms with van der Waals surface area (Å²) in [6, 6.07) is 0. The number of carbonyl (C=O) groups excluding carboxylic acids is 4. The number of ketones is 1. The molecule has 3 N–H and O–H groups in total. The van der Waals surface area contributed by atoms with Gasteiger partial charge in [-0.1, -0.05) is 26.7 Å². The zero-order valence-corrected chi connectivity index (χ0v) is 234. The van der Waals surface area contributed by atoms with Gasteiger partial charge in [-0.25, -0.2) is 22.4 Å². The van der Waals surface area contributed by atoms with E-state index in [0.717, 1.165) is 6.92 Å². The summed E-state index contributed by atoms with van der Waals surface area (Å²) in [5.74, 6) is -4.10. The van der Waals surface area contributed by atoms with E-state index in [1.165, 1.54) is 6.92 Å². The van der Waals surface area contributed by atoms with Gasteiger partial charge in [0.1, 0.15) is 5.54 Å². The molecule has 7 nitrogen and oxygen atoms in total. The number of alkyl halides is 4. The third kappa shape index (κ3) is 81.3. The molecule has 2 aliphatic carbocycles. The van der Waals surface area contributed by atoms with Crippen LogP contribution in [0.3, 0.4) is 0 Å². The van der Waals surface area contributed by atoms with Gasteiger partial charge in [0.25, 0.3) is 17.1 Å². The van der Waals surface area contributed by atoms with E-state index in [1.54, 1.807) is 0 Å². The monoisotopic (exact) mass is 11300 g/mol. The van der Waals surface area contributed by atoms with E-state index in [1.807, 2.05) is 0 Å². The van der Waals surface area contributed by atoms with Crippen molar-refractivity contribution in [2.45, 2.75) is 77.3 Å². The molecule has 2 fully saturated rings. The van der Waals surface area contributed by atoms with Crippen LogP contribution in [-0.4, -0.2) is 52.4 Å². The van der Waals surface area contributed by atoms with Gasteiger partial charge < -0.3 is 15.8 Å². The van der Waals surface area contributed by atoms with Crippen LogP contribution in [-0.2, 0) is 23.9 Å². The number of hydrogen-bond acceptors (Lipinski definition) is 6. The van der Waals surface area contributed by atoms with Crippen molar-refractivity contribution in [2.24, 2.45) is 5.73 Å². The van der Waals surface area contributed by atoms with Gasteiger partial charge in [-0.2, -0.15) is 0 Å². The molecule has 1 amide bonds. The maximum atomic E-state index is 12.7. The second kappa shape index (κ2) is 109.